The van der Waals surface area contributed by atoms with Gasteiger partial charge in [0.15, 0.2) is 0 Å². The largest absolute Gasteiger partial charge is 0.478 e. The van der Waals surface area contributed by atoms with E-state index in [-0.39, 0.29) is 5.69 Å². The Morgan fingerprint density at radius 1 is 1.09 bits per heavy atom. The molecule has 114 valence electrons. The maximum atomic E-state index is 13.5. The Balaban J connectivity index is 2.29. The molecule has 2 rings (SSSR count). The minimum absolute atomic E-state index is 0.329. The van der Waals surface area contributed by atoms with Crippen molar-refractivity contribution in [2.75, 3.05) is 4.72 Å². The number of aromatic carboxylic acids is 1. The highest BCUT2D eigenvalue weighted by Crippen LogP contribution is 2.20. The third kappa shape index (κ3) is 3.92. The predicted octanol–water partition coefficient (Wildman–Crippen LogP) is 2.94. The van der Waals surface area contributed by atoms with Crippen molar-refractivity contribution >= 4 is 27.8 Å². The molecular formula is C15H12FNO4S. The van der Waals surface area contributed by atoms with Gasteiger partial charge in [-0.1, -0.05) is 36.4 Å². The maximum Gasteiger partial charge on any atom is 0.340 e. The van der Waals surface area contributed by atoms with Crippen LogP contribution < -0.4 is 4.72 Å². The molecule has 22 heavy (non-hydrogen) atoms. The van der Waals surface area contributed by atoms with E-state index in [0.717, 1.165) is 11.5 Å². The van der Waals surface area contributed by atoms with E-state index >= 15 is 0 Å². The van der Waals surface area contributed by atoms with Crippen molar-refractivity contribution in [1.29, 1.82) is 0 Å². The van der Waals surface area contributed by atoms with Crippen molar-refractivity contribution in [1.82, 2.24) is 0 Å². The summed E-state index contributed by atoms with van der Waals surface area (Å²) in [6.45, 7) is 0. The fourth-order valence-electron chi connectivity index (χ4n) is 1.75. The number of halogens is 1. The molecule has 0 saturated heterocycles. The molecule has 0 amide bonds. The monoisotopic (exact) mass is 321 g/mol. The first-order valence-electron chi connectivity index (χ1n) is 6.17. The van der Waals surface area contributed by atoms with Crippen LogP contribution >= 0.6 is 0 Å². The first-order chi connectivity index (χ1) is 10.4. The molecule has 0 bridgehead atoms. The number of hydrogen-bond donors (Lipinski definition) is 2. The van der Waals surface area contributed by atoms with Gasteiger partial charge in [0.25, 0.3) is 10.0 Å². The summed E-state index contributed by atoms with van der Waals surface area (Å²) in [5.41, 5.74) is -0.394. The first kappa shape index (κ1) is 15.7. The van der Waals surface area contributed by atoms with Gasteiger partial charge in [-0.2, -0.15) is 0 Å². The number of sulfonamides is 1. The zero-order chi connectivity index (χ0) is 16.2. The summed E-state index contributed by atoms with van der Waals surface area (Å²) >= 11 is 0. The van der Waals surface area contributed by atoms with Gasteiger partial charge >= 0.3 is 5.97 Å². The zero-order valence-electron chi connectivity index (χ0n) is 11.2. The summed E-state index contributed by atoms with van der Waals surface area (Å²) in [7, 11) is -3.97. The molecule has 0 radical (unpaired) electrons. The Morgan fingerprint density at radius 3 is 2.41 bits per heavy atom. The highest BCUT2D eigenvalue weighted by Gasteiger charge is 2.18. The van der Waals surface area contributed by atoms with E-state index in [9.17, 15) is 17.6 Å². The number of hydrogen-bond acceptors (Lipinski definition) is 3. The van der Waals surface area contributed by atoms with Crippen LogP contribution in [0.3, 0.4) is 0 Å². The SMILES string of the molecule is O=C(O)c1c(F)cccc1NS(=O)(=O)/C=C/c1ccccc1. The van der Waals surface area contributed by atoms with Crippen molar-refractivity contribution in [2.45, 2.75) is 0 Å². The molecule has 0 aliphatic carbocycles. The molecule has 0 aliphatic rings. The van der Waals surface area contributed by atoms with Gasteiger partial charge in [-0.3, -0.25) is 4.72 Å². The van der Waals surface area contributed by atoms with E-state index in [1.165, 1.54) is 18.2 Å². The van der Waals surface area contributed by atoms with Crippen LogP contribution in [0.25, 0.3) is 6.08 Å². The summed E-state index contributed by atoms with van der Waals surface area (Å²) in [5.74, 6) is -2.57. The number of carboxylic acid groups (broad SMARTS) is 1. The van der Waals surface area contributed by atoms with E-state index in [2.05, 4.69) is 0 Å². The molecule has 0 aliphatic heterocycles. The Labute approximate surface area is 126 Å². The van der Waals surface area contributed by atoms with Crippen molar-refractivity contribution in [3.63, 3.8) is 0 Å². The standard InChI is InChI=1S/C15H12FNO4S/c16-12-7-4-8-13(14(12)15(18)19)17-22(20,21)10-9-11-5-2-1-3-6-11/h1-10,17H,(H,18,19)/b10-9+. The summed E-state index contributed by atoms with van der Waals surface area (Å²) in [6.07, 6.45) is 1.35. The number of carboxylic acids is 1. The molecule has 0 unspecified atom stereocenters. The minimum atomic E-state index is -3.97. The highest BCUT2D eigenvalue weighted by atomic mass is 32.2. The van der Waals surface area contributed by atoms with Crippen LogP contribution in [-0.2, 0) is 10.0 Å². The van der Waals surface area contributed by atoms with Gasteiger partial charge in [-0.05, 0) is 23.8 Å². The Bertz CT molecular complexity index is 817. The summed E-state index contributed by atoms with van der Waals surface area (Å²) < 4.78 is 39.4. The Hall–Kier alpha value is -2.67. The van der Waals surface area contributed by atoms with Gasteiger partial charge in [-0.15, -0.1) is 0 Å². The molecule has 2 N–H and O–H groups in total. The van der Waals surface area contributed by atoms with Crippen LogP contribution in [0.2, 0.25) is 0 Å². The number of rotatable bonds is 5. The number of carbonyl (C=O) groups is 1. The normalized spacial score (nSPS) is 11.5. The maximum absolute atomic E-state index is 13.5. The molecule has 0 aromatic heterocycles. The zero-order valence-corrected chi connectivity index (χ0v) is 12.0. The molecular weight excluding hydrogens is 309 g/mol. The summed E-state index contributed by atoms with van der Waals surface area (Å²) in [6, 6.07) is 12.0. The fraction of sp³-hybridized carbons (Fsp3) is 0. The first-order valence-corrected chi connectivity index (χ1v) is 7.71. The van der Waals surface area contributed by atoms with Crippen molar-refractivity contribution in [2.24, 2.45) is 0 Å². The van der Waals surface area contributed by atoms with Gasteiger partial charge in [0.2, 0.25) is 0 Å². The molecule has 0 heterocycles. The molecule has 0 atom stereocenters. The van der Waals surface area contributed by atoms with Crippen LogP contribution in [0.5, 0.6) is 0 Å². The van der Waals surface area contributed by atoms with Gasteiger partial charge < -0.3 is 5.11 Å². The van der Waals surface area contributed by atoms with Crippen LogP contribution in [0.1, 0.15) is 15.9 Å². The second kappa shape index (κ2) is 6.40. The summed E-state index contributed by atoms with van der Waals surface area (Å²) in [4.78, 5) is 11.0. The van der Waals surface area contributed by atoms with E-state index in [4.69, 9.17) is 5.11 Å². The average molecular weight is 321 g/mol. The van der Waals surface area contributed by atoms with E-state index in [1.54, 1.807) is 30.3 Å². The van der Waals surface area contributed by atoms with Gasteiger partial charge in [0.05, 0.1) is 11.1 Å². The van der Waals surface area contributed by atoms with Crippen LogP contribution in [-0.4, -0.2) is 19.5 Å². The lowest BCUT2D eigenvalue weighted by Gasteiger charge is -2.08. The number of nitrogens with one attached hydrogen (secondary N) is 1. The van der Waals surface area contributed by atoms with Gasteiger partial charge in [-0.25, -0.2) is 17.6 Å². The van der Waals surface area contributed by atoms with E-state index in [0.29, 0.717) is 5.56 Å². The number of benzene rings is 2. The second-order valence-corrected chi connectivity index (χ2v) is 5.89. The average Bonchev–Trinajstić information content (AvgIpc) is 2.45. The third-order valence-electron chi connectivity index (χ3n) is 2.72. The minimum Gasteiger partial charge on any atom is -0.478 e. The lowest BCUT2D eigenvalue weighted by atomic mass is 10.2. The molecule has 0 fully saturated rings. The Kier molecular flexibility index (Phi) is 4.57. The van der Waals surface area contributed by atoms with Crippen molar-refractivity contribution in [3.05, 3.63) is 70.9 Å². The number of anilines is 1. The Morgan fingerprint density at radius 2 is 1.77 bits per heavy atom. The van der Waals surface area contributed by atoms with Gasteiger partial charge in [0, 0.05) is 0 Å². The molecule has 2 aromatic carbocycles. The molecule has 0 spiro atoms. The third-order valence-corrected chi connectivity index (χ3v) is 3.72. The fourth-order valence-corrected chi connectivity index (χ4v) is 2.63. The van der Waals surface area contributed by atoms with Crippen LogP contribution in [0.4, 0.5) is 10.1 Å². The van der Waals surface area contributed by atoms with Crippen LogP contribution in [0.15, 0.2) is 53.9 Å². The summed E-state index contributed by atoms with van der Waals surface area (Å²) in [5, 5.41) is 9.85. The molecule has 5 nitrogen and oxygen atoms in total. The highest BCUT2D eigenvalue weighted by molar-refractivity contribution is 7.95. The second-order valence-electron chi connectivity index (χ2n) is 4.33. The smallest absolute Gasteiger partial charge is 0.340 e. The molecule has 0 saturated carbocycles. The van der Waals surface area contributed by atoms with Gasteiger partial charge in [0.1, 0.15) is 11.4 Å². The molecule has 2 aromatic rings. The predicted molar refractivity (Wildman–Crippen MR) is 81.4 cm³/mol. The van der Waals surface area contributed by atoms with E-state index < -0.39 is 27.4 Å². The lowest BCUT2D eigenvalue weighted by Crippen LogP contribution is -2.13. The van der Waals surface area contributed by atoms with Crippen molar-refractivity contribution in [3.8, 4) is 0 Å². The van der Waals surface area contributed by atoms with E-state index in [1.807, 2.05) is 4.72 Å². The molecule has 7 heteroatoms. The lowest BCUT2D eigenvalue weighted by molar-refractivity contribution is 0.0693. The van der Waals surface area contributed by atoms with Crippen molar-refractivity contribution < 1.29 is 22.7 Å². The topological polar surface area (TPSA) is 83.5 Å². The van der Waals surface area contributed by atoms with Crippen LogP contribution in [0, 0.1) is 5.82 Å². The quantitative estimate of drug-likeness (QED) is 0.887.